The van der Waals surface area contributed by atoms with E-state index in [1.165, 1.54) is 0 Å². The van der Waals surface area contributed by atoms with E-state index < -0.39 is 5.41 Å². The van der Waals surface area contributed by atoms with Gasteiger partial charge in [0.25, 0.3) is 0 Å². The lowest BCUT2D eigenvalue weighted by molar-refractivity contribution is -0.123. The van der Waals surface area contributed by atoms with Crippen molar-refractivity contribution in [2.45, 2.75) is 20.8 Å². The summed E-state index contributed by atoms with van der Waals surface area (Å²) in [5.41, 5.74) is 6.58. The normalized spacial score (nSPS) is 11.2. The smallest absolute Gasteiger partial charge is 0.231 e. The van der Waals surface area contributed by atoms with Gasteiger partial charge in [-0.05, 0) is 32.9 Å². The molecule has 4 nitrogen and oxygen atoms in total. The third kappa shape index (κ3) is 3.02. The fraction of sp³-hybridized carbons (Fsp3) is 0.455. The second-order valence-corrected chi connectivity index (χ2v) is 4.23. The van der Waals surface area contributed by atoms with Crippen LogP contribution < -0.4 is 11.1 Å². The highest BCUT2D eigenvalue weighted by molar-refractivity contribution is 5.94. The molecule has 1 amide bonds. The molecular weight excluding hydrogens is 190 g/mol. The van der Waals surface area contributed by atoms with Crippen LogP contribution in [0.3, 0.4) is 0 Å². The summed E-state index contributed by atoms with van der Waals surface area (Å²) in [5, 5.41) is 2.78. The molecule has 0 aliphatic carbocycles. The summed E-state index contributed by atoms with van der Waals surface area (Å²) in [6.07, 6.45) is 1.64. The molecular formula is C11H17N3O. The molecule has 0 saturated heterocycles. The van der Waals surface area contributed by atoms with Crippen molar-refractivity contribution in [3.8, 4) is 0 Å². The number of nitrogens with two attached hydrogens (primary N) is 1. The van der Waals surface area contributed by atoms with E-state index in [-0.39, 0.29) is 5.91 Å². The largest absolute Gasteiger partial charge is 0.329 e. The summed E-state index contributed by atoms with van der Waals surface area (Å²) >= 11 is 0. The lowest BCUT2D eigenvalue weighted by Crippen LogP contribution is -2.37. The zero-order chi connectivity index (χ0) is 11.5. The van der Waals surface area contributed by atoms with E-state index in [0.717, 1.165) is 5.69 Å². The first-order chi connectivity index (χ1) is 6.95. The quantitative estimate of drug-likeness (QED) is 0.785. The minimum atomic E-state index is -0.551. The second kappa shape index (κ2) is 4.40. The molecule has 15 heavy (non-hydrogen) atoms. The standard InChI is InChI=1S/C11H17N3O/c1-8-4-5-9(6-13-8)14-10(15)11(2,3)7-12/h4-6H,7,12H2,1-3H3,(H,14,15). The molecule has 1 rings (SSSR count). The Labute approximate surface area is 89.9 Å². The van der Waals surface area contributed by atoms with Crippen LogP contribution in [0.15, 0.2) is 18.3 Å². The van der Waals surface area contributed by atoms with Crippen molar-refractivity contribution in [3.63, 3.8) is 0 Å². The van der Waals surface area contributed by atoms with Crippen LogP contribution in [0.5, 0.6) is 0 Å². The molecule has 0 radical (unpaired) electrons. The summed E-state index contributed by atoms with van der Waals surface area (Å²) < 4.78 is 0. The van der Waals surface area contributed by atoms with Gasteiger partial charge in [-0.1, -0.05) is 0 Å². The maximum absolute atomic E-state index is 11.7. The summed E-state index contributed by atoms with van der Waals surface area (Å²) in [6, 6.07) is 3.68. The van der Waals surface area contributed by atoms with E-state index in [4.69, 9.17) is 5.73 Å². The highest BCUT2D eigenvalue weighted by Gasteiger charge is 2.25. The van der Waals surface area contributed by atoms with Gasteiger partial charge < -0.3 is 11.1 Å². The summed E-state index contributed by atoms with van der Waals surface area (Å²) in [6.45, 7) is 5.83. The maximum atomic E-state index is 11.7. The Bertz CT molecular complexity index is 343. The van der Waals surface area contributed by atoms with Gasteiger partial charge in [-0.3, -0.25) is 9.78 Å². The fourth-order valence-corrected chi connectivity index (χ4v) is 0.935. The molecule has 0 bridgehead atoms. The van der Waals surface area contributed by atoms with Crippen LogP contribution in [0.25, 0.3) is 0 Å². The van der Waals surface area contributed by atoms with E-state index in [0.29, 0.717) is 12.2 Å². The average Bonchev–Trinajstić information content (AvgIpc) is 2.21. The van der Waals surface area contributed by atoms with Gasteiger partial charge in [0.15, 0.2) is 0 Å². The molecule has 0 saturated carbocycles. The maximum Gasteiger partial charge on any atom is 0.231 e. The van der Waals surface area contributed by atoms with Crippen molar-refractivity contribution in [1.82, 2.24) is 4.98 Å². The van der Waals surface area contributed by atoms with Crippen molar-refractivity contribution in [2.24, 2.45) is 11.1 Å². The molecule has 0 aliphatic rings. The van der Waals surface area contributed by atoms with Gasteiger partial charge in [-0.15, -0.1) is 0 Å². The number of anilines is 1. The number of carbonyl (C=O) groups excluding carboxylic acids is 1. The van der Waals surface area contributed by atoms with E-state index >= 15 is 0 Å². The van der Waals surface area contributed by atoms with Crippen molar-refractivity contribution >= 4 is 11.6 Å². The predicted molar refractivity (Wildman–Crippen MR) is 60.4 cm³/mol. The van der Waals surface area contributed by atoms with Gasteiger partial charge in [-0.2, -0.15) is 0 Å². The molecule has 1 aromatic heterocycles. The molecule has 0 unspecified atom stereocenters. The number of rotatable bonds is 3. The molecule has 0 aromatic carbocycles. The lowest BCUT2D eigenvalue weighted by atomic mass is 9.92. The molecule has 1 heterocycles. The number of carbonyl (C=O) groups is 1. The second-order valence-electron chi connectivity index (χ2n) is 4.23. The Morgan fingerprint density at radius 2 is 2.20 bits per heavy atom. The molecule has 3 N–H and O–H groups in total. The third-order valence-corrected chi connectivity index (χ3v) is 2.29. The van der Waals surface area contributed by atoms with Crippen LogP contribution in [0.1, 0.15) is 19.5 Å². The number of aromatic nitrogens is 1. The number of pyridine rings is 1. The number of amides is 1. The number of hydrogen-bond donors (Lipinski definition) is 2. The van der Waals surface area contributed by atoms with E-state index in [1.54, 1.807) is 6.20 Å². The van der Waals surface area contributed by atoms with Gasteiger partial charge in [0.1, 0.15) is 0 Å². The first-order valence-electron chi connectivity index (χ1n) is 4.90. The van der Waals surface area contributed by atoms with Crippen LogP contribution in [0, 0.1) is 12.3 Å². The summed E-state index contributed by atoms with van der Waals surface area (Å²) in [4.78, 5) is 15.8. The lowest BCUT2D eigenvalue weighted by Gasteiger charge is -2.21. The zero-order valence-corrected chi connectivity index (χ0v) is 9.37. The molecule has 0 fully saturated rings. The van der Waals surface area contributed by atoms with Crippen LogP contribution in [0.2, 0.25) is 0 Å². The van der Waals surface area contributed by atoms with E-state index in [9.17, 15) is 4.79 Å². The molecule has 0 spiro atoms. The fourth-order valence-electron chi connectivity index (χ4n) is 0.935. The number of aryl methyl sites for hydroxylation is 1. The van der Waals surface area contributed by atoms with Crippen LogP contribution >= 0.6 is 0 Å². The van der Waals surface area contributed by atoms with Gasteiger partial charge in [0.2, 0.25) is 5.91 Å². The Morgan fingerprint density at radius 3 is 2.67 bits per heavy atom. The Hall–Kier alpha value is -1.42. The van der Waals surface area contributed by atoms with Crippen molar-refractivity contribution < 1.29 is 4.79 Å². The Kier molecular flexibility index (Phi) is 3.42. The first kappa shape index (κ1) is 11.7. The summed E-state index contributed by atoms with van der Waals surface area (Å²) in [5.74, 6) is -0.0874. The molecule has 0 atom stereocenters. The third-order valence-electron chi connectivity index (χ3n) is 2.29. The zero-order valence-electron chi connectivity index (χ0n) is 9.37. The minimum absolute atomic E-state index is 0.0874. The molecule has 1 aromatic rings. The molecule has 4 heteroatoms. The highest BCUT2D eigenvalue weighted by Crippen LogP contribution is 2.16. The van der Waals surface area contributed by atoms with Crippen LogP contribution in [-0.2, 0) is 4.79 Å². The topological polar surface area (TPSA) is 68.0 Å². The van der Waals surface area contributed by atoms with Gasteiger partial charge in [-0.25, -0.2) is 0 Å². The number of nitrogens with one attached hydrogen (secondary N) is 1. The van der Waals surface area contributed by atoms with Gasteiger partial charge in [0, 0.05) is 12.2 Å². The highest BCUT2D eigenvalue weighted by atomic mass is 16.2. The number of nitrogens with zero attached hydrogens (tertiary/aromatic N) is 1. The van der Waals surface area contributed by atoms with Crippen molar-refractivity contribution in [1.29, 1.82) is 0 Å². The van der Waals surface area contributed by atoms with Crippen LogP contribution in [-0.4, -0.2) is 17.4 Å². The minimum Gasteiger partial charge on any atom is -0.329 e. The van der Waals surface area contributed by atoms with Crippen LogP contribution in [0.4, 0.5) is 5.69 Å². The predicted octanol–water partition coefficient (Wildman–Crippen LogP) is 1.31. The van der Waals surface area contributed by atoms with E-state index in [2.05, 4.69) is 10.3 Å². The van der Waals surface area contributed by atoms with Gasteiger partial charge >= 0.3 is 0 Å². The summed E-state index contributed by atoms with van der Waals surface area (Å²) in [7, 11) is 0. The molecule has 82 valence electrons. The van der Waals surface area contributed by atoms with Crippen molar-refractivity contribution in [2.75, 3.05) is 11.9 Å². The molecule has 0 aliphatic heterocycles. The Balaban J connectivity index is 2.71. The van der Waals surface area contributed by atoms with E-state index in [1.807, 2.05) is 32.9 Å². The number of hydrogen-bond acceptors (Lipinski definition) is 3. The SMILES string of the molecule is Cc1ccc(NC(=O)C(C)(C)CN)cn1. The van der Waals surface area contributed by atoms with Crippen molar-refractivity contribution in [3.05, 3.63) is 24.0 Å². The monoisotopic (exact) mass is 207 g/mol. The average molecular weight is 207 g/mol. The van der Waals surface area contributed by atoms with Gasteiger partial charge in [0.05, 0.1) is 17.3 Å². The Morgan fingerprint density at radius 1 is 1.53 bits per heavy atom. The first-order valence-corrected chi connectivity index (χ1v) is 4.90.